The van der Waals surface area contributed by atoms with Crippen molar-refractivity contribution in [3.63, 3.8) is 0 Å². The van der Waals surface area contributed by atoms with Gasteiger partial charge < -0.3 is 18.9 Å². The molecule has 2 aromatic heterocycles. The molecule has 0 aliphatic heterocycles. The van der Waals surface area contributed by atoms with E-state index in [1.54, 1.807) is 25.3 Å². The number of carbonyl (C=O) groups excluding carboxylic acids is 1. The number of methoxy groups -OCH3 is 1. The number of amides is 1. The van der Waals surface area contributed by atoms with Crippen LogP contribution in [0.2, 0.25) is 5.02 Å². The number of oxazole rings is 1. The number of nitrogens with zero attached hydrogens (tertiary/aromatic N) is 1. The van der Waals surface area contributed by atoms with Crippen LogP contribution >= 0.6 is 23.8 Å². The van der Waals surface area contributed by atoms with Crippen molar-refractivity contribution in [2.75, 3.05) is 12.4 Å². The normalized spacial score (nSPS) is 11.4. The van der Waals surface area contributed by atoms with E-state index in [4.69, 9.17) is 37.4 Å². The van der Waals surface area contributed by atoms with Gasteiger partial charge in [-0.05, 0) is 90.8 Å². The number of benzene rings is 3. The van der Waals surface area contributed by atoms with Crippen molar-refractivity contribution in [1.82, 2.24) is 10.3 Å². The molecular weight excluding hydrogens is 558 g/mol. The first-order chi connectivity index (χ1) is 19.7. The predicted octanol–water partition coefficient (Wildman–Crippen LogP) is 8.38. The van der Waals surface area contributed by atoms with Crippen molar-refractivity contribution in [1.29, 1.82) is 0 Å². The molecule has 3 aromatic carbocycles. The van der Waals surface area contributed by atoms with Crippen molar-refractivity contribution >= 4 is 57.7 Å². The number of hydrogen-bond donors (Lipinski definition) is 2. The number of ether oxygens (including phenoxy) is 1. The monoisotopic (exact) mass is 585 g/mol. The van der Waals surface area contributed by atoms with Crippen LogP contribution in [0.25, 0.3) is 40.0 Å². The standard InChI is InChI=1S/C32H28ClN3O4S/c1-18(2)20-7-12-29-26(16-20)34-31(40-29)22-8-11-28(38-4)25(17-22)35-32(41)36-30(37)14-10-23-9-13-27(39-23)21-6-5-19(3)24(33)15-21/h5-18H,1-4H3,(H2,35,36,37,41)/b14-10+. The Hall–Kier alpha value is -4.40. The topological polar surface area (TPSA) is 89.5 Å². The van der Waals surface area contributed by atoms with Gasteiger partial charge in [-0.25, -0.2) is 4.98 Å². The number of hydrogen-bond acceptors (Lipinski definition) is 6. The summed E-state index contributed by atoms with van der Waals surface area (Å²) in [6, 6.07) is 20.8. The van der Waals surface area contributed by atoms with Gasteiger partial charge in [0.05, 0.1) is 12.8 Å². The number of nitrogens with one attached hydrogen (secondary N) is 2. The van der Waals surface area contributed by atoms with E-state index in [-0.39, 0.29) is 5.11 Å². The minimum Gasteiger partial charge on any atom is -0.495 e. The van der Waals surface area contributed by atoms with Gasteiger partial charge in [0.15, 0.2) is 10.7 Å². The Morgan fingerprint density at radius 1 is 1.02 bits per heavy atom. The summed E-state index contributed by atoms with van der Waals surface area (Å²) in [6.45, 7) is 6.21. The first kappa shape index (κ1) is 28.1. The number of furan rings is 1. The minimum atomic E-state index is -0.422. The van der Waals surface area contributed by atoms with Crippen molar-refractivity contribution in [2.45, 2.75) is 26.7 Å². The van der Waals surface area contributed by atoms with Crippen LogP contribution in [0.3, 0.4) is 0 Å². The van der Waals surface area contributed by atoms with Crippen molar-refractivity contribution in [2.24, 2.45) is 0 Å². The Morgan fingerprint density at radius 3 is 2.59 bits per heavy atom. The number of aromatic nitrogens is 1. The molecule has 7 nitrogen and oxygen atoms in total. The Labute approximate surface area is 248 Å². The molecule has 0 unspecified atom stereocenters. The molecule has 0 fully saturated rings. The maximum atomic E-state index is 12.6. The highest BCUT2D eigenvalue weighted by atomic mass is 35.5. The van der Waals surface area contributed by atoms with Gasteiger partial charge in [0, 0.05) is 22.2 Å². The first-order valence-corrected chi connectivity index (χ1v) is 13.7. The van der Waals surface area contributed by atoms with Gasteiger partial charge in [0.1, 0.15) is 22.8 Å². The number of carbonyl (C=O) groups is 1. The van der Waals surface area contributed by atoms with Crippen LogP contribution < -0.4 is 15.4 Å². The third kappa shape index (κ3) is 6.51. The van der Waals surface area contributed by atoms with E-state index in [9.17, 15) is 4.79 Å². The molecular formula is C32H28ClN3O4S. The number of rotatable bonds is 7. The van der Waals surface area contributed by atoms with Crippen molar-refractivity contribution < 1.29 is 18.4 Å². The molecule has 0 aliphatic carbocycles. The van der Waals surface area contributed by atoms with E-state index in [1.807, 2.05) is 61.5 Å². The molecule has 1 amide bonds. The molecule has 0 aliphatic rings. The summed E-state index contributed by atoms with van der Waals surface area (Å²) in [4.78, 5) is 17.2. The highest BCUT2D eigenvalue weighted by Gasteiger charge is 2.14. The van der Waals surface area contributed by atoms with Crippen LogP contribution in [-0.2, 0) is 4.79 Å². The van der Waals surface area contributed by atoms with E-state index < -0.39 is 5.91 Å². The van der Waals surface area contributed by atoms with E-state index in [2.05, 4.69) is 29.5 Å². The second kappa shape index (κ2) is 12.0. The summed E-state index contributed by atoms with van der Waals surface area (Å²) < 4.78 is 17.3. The Kier molecular flexibility index (Phi) is 8.23. The molecule has 5 rings (SSSR count). The van der Waals surface area contributed by atoms with Gasteiger partial charge in [0.25, 0.3) is 0 Å². The quantitative estimate of drug-likeness (QED) is 0.146. The molecule has 9 heteroatoms. The molecule has 0 bridgehead atoms. The third-order valence-electron chi connectivity index (χ3n) is 6.49. The maximum absolute atomic E-state index is 12.6. The highest BCUT2D eigenvalue weighted by Crippen LogP contribution is 2.33. The summed E-state index contributed by atoms with van der Waals surface area (Å²) in [5.74, 6) is 2.13. The zero-order valence-corrected chi connectivity index (χ0v) is 24.5. The summed E-state index contributed by atoms with van der Waals surface area (Å²) in [7, 11) is 1.56. The van der Waals surface area contributed by atoms with Crippen LogP contribution in [0, 0.1) is 6.92 Å². The molecule has 2 N–H and O–H groups in total. The lowest BCUT2D eigenvalue weighted by molar-refractivity contribution is -0.115. The van der Waals surface area contributed by atoms with E-state index in [1.165, 1.54) is 11.6 Å². The molecule has 0 radical (unpaired) electrons. The van der Waals surface area contributed by atoms with Crippen LogP contribution in [0.15, 0.2) is 81.6 Å². The molecule has 0 saturated carbocycles. The second-order valence-electron chi connectivity index (χ2n) is 9.76. The Balaban J connectivity index is 1.26. The van der Waals surface area contributed by atoms with Gasteiger partial charge >= 0.3 is 0 Å². The van der Waals surface area contributed by atoms with Gasteiger partial charge in [-0.15, -0.1) is 0 Å². The zero-order chi connectivity index (χ0) is 29.1. The predicted molar refractivity (Wildman–Crippen MR) is 167 cm³/mol. The molecule has 208 valence electrons. The maximum Gasteiger partial charge on any atom is 0.250 e. The Bertz CT molecular complexity index is 1790. The van der Waals surface area contributed by atoms with Crippen molar-refractivity contribution in [3.05, 3.63) is 94.7 Å². The van der Waals surface area contributed by atoms with E-state index in [0.29, 0.717) is 45.4 Å². The lowest BCUT2D eigenvalue weighted by Crippen LogP contribution is -2.32. The van der Waals surface area contributed by atoms with Crippen LogP contribution in [0.4, 0.5) is 5.69 Å². The SMILES string of the molecule is COc1ccc(-c2nc3cc(C(C)C)ccc3o2)cc1NC(=S)NC(=O)/C=C/c1ccc(-c2ccc(C)c(Cl)c2)o1. The molecule has 0 atom stereocenters. The highest BCUT2D eigenvalue weighted by molar-refractivity contribution is 7.80. The van der Waals surface area contributed by atoms with E-state index >= 15 is 0 Å². The van der Waals surface area contributed by atoms with E-state index in [0.717, 1.165) is 22.2 Å². The molecule has 0 spiro atoms. The van der Waals surface area contributed by atoms with Gasteiger partial charge in [-0.2, -0.15) is 0 Å². The minimum absolute atomic E-state index is 0.101. The number of thiocarbonyl (C=S) groups is 1. The molecule has 5 aromatic rings. The third-order valence-corrected chi connectivity index (χ3v) is 7.10. The van der Waals surface area contributed by atoms with Gasteiger partial charge in [-0.1, -0.05) is 43.6 Å². The summed E-state index contributed by atoms with van der Waals surface area (Å²) in [5, 5.41) is 6.43. The lowest BCUT2D eigenvalue weighted by Gasteiger charge is -2.13. The Morgan fingerprint density at radius 2 is 1.83 bits per heavy atom. The average Bonchev–Trinajstić information content (AvgIpc) is 3.60. The zero-order valence-electron chi connectivity index (χ0n) is 22.9. The molecule has 0 saturated heterocycles. The first-order valence-electron chi connectivity index (χ1n) is 13.0. The largest absolute Gasteiger partial charge is 0.495 e. The van der Waals surface area contributed by atoms with Crippen LogP contribution in [0.1, 0.15) is 36.7 Å². The lowest BCUT2D eigenvalue weighted by atomic mass is 10.0. The smallest absolute Gasteiger partial charge is 0.250 e. The fourth-order valence-corrected chi connectivity index (χ4v) is 4.57. The van der Waals surface area contributed by atoms with Gasteiger partial charge in [0.2, 0.25) is 11.8 Å². The summed E-state index contributed by atoms with van der Waals surface area (Å²) in [5.41, 5.74) is 5.80. The second-order valence-corrected chi connectivity index (χ2v) is 10.6. The fraction of sp³-hybridized carbons (Fsp3) is 0.156. The van der Waals surface area contributed by atoms with Crippen LogP contribution in [0.5, 0.6) is 5.75 Å². The number of halogens is 1. The van der Waals surface area contributed by atoms with Crippen molar-refractivity contribution in [3.8, 4) is 28.5 Å². The van der Waals surface area contributed by atoms with Crippen LogP contribution in [-0.4, -0.2) is 23.1 Å². The summed E-state index contributed by atoms with van der Waals surface area (Å²) in [6.07, 6.45) is 2.91. The molecule has 41 heavy (non-hydrogen) atoms. The van der Waals surface area contributed by atoms with Gasteiger partial charge in [-0.3, -0.25) is 10.1 Å². The number of anilines is 1. The summed E-state index contributed by atoms with van der Waals surface area (Å²) >= 11 is 11.6. The molecule has 2 heterocycles. The number of aryl methyl sites for hydroxylation is 1. The number of fused-ring (bicyclic) bond motifs is 1. The fourth-order valence-electron chi connectivity index (χ4n) is 4.17. The average molecular weight is 586 g/mol.